The Balaban J connectivity index is 1.90. The maximum atomic E-state index is 11.7. The third-order valence-corrected chi connectivity index (χ3v) is 3.19. The molecule has 0 aromatic carbocycles. The first-order valence-electron chi connectivity index (χ1n) is 4.71. The molecule has 2 rings (SSSR count). The molecule has 0 aliphatic heterocycles. The van der Waals surface area contributed by atoms with Crippen LogP contribution in [0, 0.1) is 5.92 Å². The average molecular weight is 211 g/mol. The number of nitrogens with one attached hydrogen (secondary N) is 1. The van der Waals surface area contributed by atoms with Gasteiger partial charge in [0.15, 0.2) is 5.13 Å². The molecule has 0 saturated heterocycles. The van der Waals surface area contributed by atoms with Gasteiger partial charge in [0.1, 0.15) is 0 Å². The number of hydrogen-bond acceptors (Lipinski definition) is 4. The van der Waals surface area contributed by atoms with Crippen LogP contribution in [0.4, 0.5) is 5.13 Å². The number of hydrogen-bond donors (Lipinski definition) is 2. The molecule has 2 unspecified atom stereocenters. The third-order valence-electron chi connectivity index (χ3n) is 2.51. The van der Waals surface area contributed by atoms with Crippen LogP contribution < -0.4 is 11.1 Å². The van der Waals surface area contributed by atoms with Crippen molar-refractivity contribution in [2.45, 2.75) is 25.3 Å². The fourth-order valence-corrected chi connectivity index (χ4v) is 2.28. The minimum Gasteiger partial charge on any atom is -0.328 e. The van der Waals surface area contributed by atoms with Gasteiger partial charge in [0.25, 0.3) is 0 Å². The first-order valence-corrected chi connectivity index (χ1v) is 5.59. The van der Waals surface area contributed by atoms with Crippen molar-refractivity contribution in [3.05, 3.63) is 11.6 Å². The van der Waals surface area contributed by atoms with E-state index in [1.165, 1.54) is 11.3 Å². The Morgan fingerprint density at radius 1 is 1.64 bits per heavy atom. The summed E-state index contributed by atoms with van der Waals surface area (Å²) in [5.74, 6) is 0.141. The molecule has 1 aromatic heterocycles. The summed E-state index contributed by atoms with van der Waals surface area (Å²) in [6.45, 7) is 0. The Hall–Kier alpha value is -0.940. The lowest BCUT2D eigenvalue weighted by Gasteiger charge is -2.07. The molecular weight excluding hydrogens is 198 g/mol. The molecular formula is C9H13N3OS. The summed E-state index contributed by atoms with van der Waals surface area (Å²) in [5, 5.41) is 5.32. The van der Waals surface area contributed by atoms with E-state index in [1.54, 1.807) is 6.20 Å². The number of rotatable bonds is 2. The summed E-state index contributed by atoms with van der Waals surface area (Å²) in [6, 6.07) is 0.196. The van der Waals surface area contributed by atoms with Gasteiger partial charge >= 0.3 is 0 Å². The van der Waals surface area contributed by atoms with E-state index in [2.05, 4.69) is 10.3 Å². The minimum absolute atomic E-state index is 0.0629. The largest absolute Gasteiger partial charge is 0.328 e. The summed E-state index contributed by atoms with van der Waals surface area (Å²) in [6.07, 6.45) is 4.34. The number of carbonyl (C=O) groups is 1. The summed E-state index contributed by atoms with van der Waals surface area (Å²) in [7, 11) is 0. The first-order chi connectivity index (χ1) is 6.75. The fraction of sp³-hybridized carbons (Fsp3) is 0.556. The number of aromatic nitrogens is 1. The highest BCUT2D eigenvalue weighted by Gasteiger charge is 2.27. The van der Waals surface area contributed by atoms with Crippen LogP contribution in [0.2, 0.25) is 0 Å². The molecule has 1 saturated carbocycles. The second kappa shape index (κ2) is 4.06. The van der Waals surface area contributed by atoms with Gasteiger partial charge < -0.3 is 11.1 Å². The summed E-state index contributed by atoms with van der Waals surface area (Å²) in [5.41, 5.74) is 5.74. The van der Waals surface area contributed by atoms with E-state index in [0.717, 1.165) is 19.3 Å². The molecule has 2 atom stereocenters. The van der Waals surface area contributed by atoms with Crippen LogP contribution in [0.3, 0.4) is 0 Å². The summed E-state index contributed by atoms with van der Waals surface area (Å²) >= 11 is 1.44. The van der Waals surface area contributed by atoms with Crippen LogP contribution in [-0.2, 0) is 4.79 Å². The number of amides is 1. The number of thiazole rings is 1. The molecule has 1 amide bonds. The highest BCUT2D eigenvalue weighted by molar-refractivity contribution is 7.13. The molecule has 1 aliphatic carbocycles. The molecule has 76 valence electrons. The zero-order valence-electron chi connectivity index (χ0n) is 7.77. The van der Waals surface area contributed by atoms with Gasteiger partial charge in [-0.05, 0) is 19.3 Å². The van der Waals surface area contributed by atoms with Gasteiger partial charge in [-0.3, -0.25) is 4.79 Å². The first kappa shape index (κ1) is 9.61. The quantitative estimate of drug-likeness (QED) is 0.772. The highest BCUT2D eigenvalue weighted by Crippen LogP contribution is 2.25. The smallest absolute Gasteiger partial charge is 0.229 e. The molecule has 1 aromatic rings. The predicted octanol–water partition coefficient (Wildman–Crippen LogP) is 1.21. The number of carbonyl (C=O) groups excluding carboxylic acids is 1. The lowest BCUT2D eigenvalue weighted by molar-refractivity contribution is -0.119. The van der Waals surface area contributed by atoms with Crippen molar-refractivity contribution in [2.24, 2.45) is 11.7 Å². The van der Waals surface area contributed by atoms with Gasteiger partial charge in [0.2, 0.25) is 5.91 Å². The van der Waals surface area contributed by atoms with E-state index in [9.17, 15) is 4.79 Å². The molecule has 4 nitrogen and oxygen atoms in total. The van der Waals surface area contributed by atoms with Gasteiger partial charge in [0.05, 0.1) is 0 Å². The highest BCUT2D eigenvalue weighted by atomic mass is 32.1. The normalized spacial score (nSPS) is 26.4. The van der Waals surface area contributed by atoms with E-state index in [4.69, 9.17) is 5.73 Å². The second-order valence-electron chi connectivity index (χ2n) is 3.60. The monoisotopic (exact) mass is 211 g/mol. The van der Waals surface area contributed by atoms with Crippen molar-refractivity contribution in [3.63, 3.8) is 0 Å². The Labute approximate surface area is 86.5 Å². The van der Waals surface area contributed by atoms with Crippen LogP contribution in [0.1, 0.15) is 19.3 Å². The van der Waals surface area contributed by atoms with E-state index in [-0.39, 0.29) is 17.9 Å². The molecule has 1 heterocycles. The maximum absolute atomic E-state index is 11.7. The Bertz CT molecular complexity index is 312. The molecule has 0 spiro atoms. The number of nitrogens with two attached hydrogens (primary N) is 1. The zero-order chi connectivity index (χ0) is 9.97. The molecule has 1 aliphatic rings. The van der Waals surface area contributed by atoms with Crippen molar-refractivity contribution < 1.29 is 4.79 Å². The van der Waals surface area contributed by atoms with Gasteiger partial charge in [0, 0.05) is 23.5 Å². The van der Waals surface area contributed by atoms with Crippen molar-refractivity contribution in [1.29, 1.82) is 0 Å². The minimum atomic E-state index is 0.0629. The van der Waals surface area contributed by atoms with Gasteiger partial charge in [-0.25, -0.2) is 4.98 Å². The zero-order valence-corrected chi connectivity index (χ0v) is 8.59. The van der Waals surface area contributed by atoms with E-state index in [0.29, 0.717) is 5.13 Å². The molecule has 5 heteroatoms. The van der Waals surface area contributed by atoms with Crippen LogP contribution in [-0.4, -0.2) is 16.9 Å². The lowest BCUT2D eigenvalue weighted by Crippen LogP contribution is -2.23. The van der Waals surface area contributed by atoms with Crippen LogP contribution in [0.5, 0.6) is 0 Å². The van der Waals surface area contributed by atoms with Crippen LogP contribution in [0.25, 0.3) is 0 Å². The van der Waals surface area contributed by atoms with Crippen LogP contribution in [0.15, 0.2) is 11.6 Å². The Morgan fingerprint density at radius 3 is 3.07 bits per heavy atom. The van der Waals surface area contributed by atoms with Gasteiger partial charge in [-0.15, -0.1) is 11.3 Å². The van der Waals surface area contributed by atoms with Gasteiger partial charge in [-0.1, -0.05) is 0 Å². The number of nitrogens with zero attached hydrogens (tertiary/aromatic N) is 1. The van der Waals surface area contributed by atoms with Crippen LogP contribution >= 0.6 is 11.3 Å². The maximum Gasteiger partial charge on any atom is 0.229 e. The Morgan fingerprint density at radius 2 is 2.50 bits per heavy atom. The molecule has 0 radical (unpaired) electrons. The topological polar surface area (TPSA) is 68.0 Å². The fourth-order valence-electron chi connectivity index (χ4n) is 1.75. The van der Waals surface area contributed by atoms with E-state index in [1.807, 2.05) is 5.38 Å². The number of anilines is 1. The Kier molecular flexibility index (Phi) is 2.79. The van der Waals surface area contributed by atoms with Crippen molar-refractivity contribution >= 4 is 22.4 Å². The van der Waals surface area contributed by atoms with Crippen molar-refractivity contribution in [2.75, 3.05) is 5.32 Å². The van der Waals surface area contributed by atoms with Crippen molar-refractivity contribution in [3.8, 4) is 0 Å². The SMILES string of the molecule is NC1CCC(C(=O)Nc2nccs2)C1. The summed E-state index contributed by atoms with van der Waals surface area (Å²) < 4.78 is 0. The average Bonchev–Trinajstić information content (AvgIpc) is 2.75. The second-order valence-corrected chi connectivity index (χ2v) is 4.49. The third kappa shape index (κ3) is 2.10. The predicted molar refractivity (Wildman–Crippen MR) is 56.1 cm³/mol. The molecule has 14 heavy (non-hydrogen) atoms. The van der Waals surface area contributed by atoms with E-state index >= 15 is 0 Å². The van der Waals surface area contributed by atoms with Crippen molar-refractivity contribution in [1.82, 2.24) is 4.98 Å². The molecule has 3 N–H and O–H groups in total. The lowest BCUT2D eigenvalue weighted by atomic mass is 10.1. The standard InChI is InChI=1S/C9H13N3OS/c10-7-2-1-6(5-7)8(13)12-9-11-3-4-14-9/h3-4,6-7H,1-2,5,10H2,(H,11,12,13). The molecule has 1 fully saturated rings. The molecule has 0 bridgehead atoms. The summed E-state index contributed by atoms with van der Waals surface area (Å²) in [4.78, 5) is 15.7. The van der Waals surface area contributed by atoms with E-state index < -0.39 is 0 Å². The van der Waals surface area contributed by atoms with Gasteiger partial charge in [-0.2, -0.15) is 0 Å².